The van der Waals surface area contributed by atoms with E-state index in [1.165, 1.54) is 0 Å². The second-order valence-electron chi connectivity index (χ2n) is 17.9. The minimum atomic E-state index is -1.04. The lowest BCUT2D eigenvalue weighted by atomic mass is 9.56. The number of ether oxygens (including phenoxy) is 3. The molecular formula is C41H71N4O8+. The summed E-state index contributed by atoms with van der Waals surface area (Å²) in [6.45, 7) is 10.3. The Labute approximate surface area is 317 Å². The third-order valence-corrected chi connectivity index (χ3v) is 14.4. The SMILES string of the molecule is CC=C(C)C(=O)O[C@@H]1CC2C(O)C3C(=O)CC(CO)OC3C([C@H](CC3CCCC(O)C3)C3CCNC(N)C3)C2O[C@]1(C)CCC1CCC(NCC)[NH2+]C1. The molecule has 302 valence electrons. The van der Waals surface area contributed by atoms with Gasteiger partial charge in [0.05, 0.1) is 55.8 Å². The van der Waals surface area contributed by atoms with Crippen molar-refractivity contribution >= 4 is 11.8 Å². The average Bonchev–Trinajstić information content (AvgIpc) is 3.14. The molecule has 9 N–H and O–H groups in total. The van der Waals surface area contributed by atoms with Gasteiger partial charge in [-0.3, -0.25) is 10.1 Å². The van der Waals surface area contributed by atoms with Crippen molar-refractivity contribution in [1.29, 1.82) is 0 Å². The normalized spacial score (nSPS) is 44.5. The van der Waals surface area contributed by atoms with Gasteiger partial charge in [-0.25, -0.2) is 4.79 Å². The number of Topliss-reactive ketones (excluding diaryl/α,β-unsaturated/α-hetero) is 1. The number of ketones is 1. The van der Waals surface area contributed by atoms with Gasteiger partial charge >= 0.3 is 5.97 Å². The van der Waals surface area contributed by atoms with E-state index in [0.29, 0.717) is 36.4 Å². The van der Waals surface area contributed by atoms with Gasteiger partial charge in [-0.1, -0.05) is 25.8 Å². The van der Waals surface area contributed by atoms with E-state index in [0.717, 1.165) is 83.8 Å². The van der Waals surface area contributed by atoms with Crippen LogP contribution < -0.4 is 21.7 Å². The van der Waals surface area contributed by atoms with Crippen LogP contribution >= 0.6 is 0 Å². The van der Waals surface area contributed by atoms with Gasteiger partial charge in [0.15, 0.2) is 0 Å². The molecule has 12 nitrogen and oxygen atoms in total. The molecule has 6 rings (SSSR count). The van der Waals surface area contributed by atoms with Crippen LogP contribution in [0.25, 0.3) is 0 Å². The fourth-order valence-electron chi connectivity index (χ4n) is 11.3. The number of fused-ring (bicyclic) bond motifs is 2. The highest BCUT2D eigenvalue weighted by Gasteiger charge is 2.63. The number of nitrogens with one attached hydrogen (secondary N) is 2. The highest BCUT2D eigenvalue weighted by Crippen LogP contribution is 2.55. The lowest BCUT2D eigenvalue weighted by molar-refractivity contribution is -0.708. The third-order valence-electron chi connectivity index (χ3n) is 14.4. The van der Waals surface area contributed by atoms with Crippen LogP contribution in [-0.4, -0.2) is 108 Å². The number of hydrogen-bond acceptors (Lipinski definition) is 11. The van der Waals surface area contributed by atoms with Crippen molar-refractivity contribution in [1.82, 2.24) is 10.6 Å². The van der Waals surface area contributed by atoms with Gasteiger partial charge in [0.25, 0.3) is 0 Å². The molecule has 2 aliphatic carbocycles. The fourth-order valence-corrected chi connectivity index (χ4v) is 11.3. The first-order valence-corrected chi connectivity index (χ1v) is 21.2. The number of piperidine rings is 2. The van der Waals surface area contributed by atoms with Crippen LogP contribution in [0.2, 0.25) is 0 Å². The zero-order chi connectivity index (χ0) is 37.9. The Hall–Kier alpha value is -1.48. The zero-order valence-corrected chi connectivity index (χ0v) is 32.8. The quantitative estimate of drug-likeness (QED) is 0.114. The van der Waals surface area contributed by atoms with Crippen molar-refractivity contribution in [2.24, 2.45) is 47.2 Å². The Morgan fingerprint density at radius 1 is 1.15 bits per heavy atom. The molecule has 4 aliphatic heterocycles. The van der Waals surface area contributed by atoms with E-state index in [4.69, 9.17) is 19.9 Å². The summed E-state index contributed by atoms with van der Waals surface area (Å²) >= 11 is 0. The molecule has 0 aromatic rings. The Bertz CT molecular complexity index is 1260. The van der Waals surface area contributed by atoms with E-state index >= 15 is 0 Å². The number of carbonyl (C=O) groups is 2. The van der Waals surface area contributed by atoms with Gasteiger partial charge in [-0.2, -0.15) is 0 Å². The largest absolute Gasteiger partial charge is 0.456 e. The first-order chi connectivity index (χ1) is 25.4. The van der Waals surface area contributed by atoms with Crippen LogP contribution in [0.15, 0.2) is 11.6 Å². The first kappa shape index (κ1) is 41.2. The standard InChI is InChI=1S/C41H70N4O8/c1-5-23(3)40(50)52-32-20-30-37(49)36-31(48)19-28(22-46)51-39(36)35(29(26-13-15-44-33(42)18-26)17-25-8-7-9-27(47)16-25)38(30)53-41(32,4)14-12-24-10-11-34(43-6-2)45-21-24/h5,24-30,32-39,43-47,49H,6-22,42H2,1-4H3/p+1/t24?,25?,26?,27?,28?,29-,30?,32-,33?,34?,35?,36?,37?,38?,39?,41-/m1/s1. The smallest absolute Gasteiger partial charge is 0.333 e. The molecular weight excluding hydrogens is 676 g/mol. The average molecular weight is 748 g/mol. The van der Waals surface area contributed by atoms with E-state index < -0.39 is 48.0 Å². The first-order valence-electron chi connectivity index (χ1n) is 21.2. The van der Waals surface area contributed by atoms with Crippen molar-refractivity contribution in [2.45, 2.75) is 166 Å². The topological polar surface area (TPSA) is 189 Å². The highest BCUT2D eigenvalue weighted by atomic mass is 16.6. The Morgan fingerprint density at radius 2 is 1.96 bits per heavy atom. The molecule has 0 bridgehead atoms. The minimum Gasteiger partial charge on any atom is -0.456 e. The minimum absolute atomic E-state index is 0.0563. The maximum atomic E-state index is 14.0. The van der Waals surface area contributed by atoms with Crippen molar-refractivity contribution in [3.63, 3.8) is 0 Å². The molecule has 0 amide bonds. The van der Waals surface area contributed by atoms with E-state index in [1.54, 1.807) is 13.0 Å². The van der Waals surface area contributed by atoms with Crippen molar-refractivity contribution < 1.29 is 44.4 Å². The number of aliphatic hydroxyl groups excluding tert-OH is 3. The van der Waals surface area contributed by atoms with Crippen LogP contribution in [0.4, 0.5) is 0 Å². The zero-order valence-electron chi connectivity index (χ0n) is 32.8. The molecule has 53 heavy (non-hydrogen) atoms. The van der Waals surface area contributed by atoms with Crippen LogP contribution in [0.1, 0.15) is 111 Å². The van der Waals surface area contributed by atoms with E-state index in [2.05, 4.69) is 29.8 Å². The van der Waals surface area contributed by atoms with Gasteiger partial charge in [-0.15, -0.1) is 0 Å². The monoisotopic (exact) mass is 748 g/mol. The molecule has 6 fully saturated rings. The summed E-state index contributed by atoms with van der Waals surface area (Å²) < 4.78 is 20.5. The molecule has 2 saturated carbocycles. The van der Waals surface area contributed by atoms with Gasteiger partial charge < -0.3 is 45.9 Å². The molecule has 4 saturated heterocycles. The predicted molar refractivity (Wildman–Crippen MR) is 200 cm³/mol. The lowest BCUT2D eigenvalue weighted by Crippen LogP contribution is -2.95. The molecule has 0 radical (unpaired) electrons. The maximum absolute atomic E-state index is 14.0. The molecule has 16 atom stereocenters. The van der Waals surface area contributed by atoms with Crippen LogP contribution in [0, 0.1) is 41.4 Å². The predicted octanol–water partition coefficient (Wildman–Crippen LogP) is 1.89. The summed E-state index contributed by atoms with van der Waals surface area (Å²) in [5.74, 6) is -0.832. The molecule has 0 aromatic carbocycles. The number of aliphatic hydroxyl groups is 3. The Balaban J connectivity index is 1.37. The highest BCUT2D eigenvalue weighted by molar-refractivity contribution is 5.87. The summed E-state index contributed by atoms with van der Waals surface area (Å²) in [4.78, 5) is 27.4. The molecule has 4 heterocycles. The van der Waals surface area contributed by atoms with E-state index in [-0.39, 0.29) is 54.8 Å². The number of allylic oxidation sites excluding steroid dienone is 1. The Morgan fingerprint density at radius 3 is 2.64 bits per heavy atom. The van der Waals surface area contributed by atoms with Crippen LogP contribution in [-0.2, 0) is 23.8 Å². The second kappa shape index (κ2) is 18.2. The molecule has 12 heteroatoms. The molecule has 13 unspecified atom stereocenters. The van der Waals surface area contributed by atoms with E-state index in [1.807, 2.05) is 6.92 Å². The van der Waals surface area contributed by atoms with Gasteiger partial charge in [0.1, 0.15) is 23.7 Å². The lowest BCUT2D eigenvalue weighted by Gasteiger charge is -2.60. The molecule has 6 aliphatic rings. The van der Waals surface area contributed by atoms with E-state index in [9.17, 15) is 24.9 Å². The molecule has 0 aromatic heterocycles. The molecule has 0 spiro atoms. The number of carbonyl (C=O) groups excluding carboxylic acids is 2. The van der Waals surface area contributed by atoms with Gasteiger partial charge in [0, 0.05) is 36.2 Å². The van der Waals surface area contributed by atoms with Crippen molar-refractivity contribution in [2.75, 3.05) is 26.2 Å². The van der Waals surface area contributed by atoms with Crippen LogP contribution in [0.5, 0.6) is 0 Å². The van der Waals surface area contributed by atoms with Crippen molar-refractivity contribution in [3.05, 3.63) is 11.6 Å². The Kier molecular flexibility index (Phi) is 14.1. The third kappa shape index (κ3) is 9.39. The summed E-state index contributed by atoms with van der Waals surface area (Å²) in [6.07, 6.45) is 8.79. The fraction of sp³-hybridized carbons (Fsp3) is 0.902. The van der Waals surface area contributed by atoms with Crippen LogP contribution in [0.3, 0.4) is 0 Å². The van der Waals surface area contributed by atoms with Gasteiger partial charge in [0.2, 0.25) is 0 Å². The second-order valence-corrected chi connectivity index (χ2v) is 17.9. The maximum Gasteiger partial charge on any atom is 0.333 e. The number of nitrogens with two attached hydrogens (primary N) is 2. The number of quaternary nitrogens is 1. The number of rotatable bonds is 12. The summed E-state index contributed by atoms with van der Waals surface area (Å²) in [6, 6.07) is 0. The van der Waals surface area contributed by atoms with Crippen molar-refractivity contribution in [3.8, 4) is 0 Å². The number of esters is 1. The summed E-state index contributed by atoms with van der Waals surface area (Å²) in [5.41, 5.74) is 6.27. The summed E-state index contributed by atoms with van der Waals surface area (Å²) in [5, 5.41) is 42.7. The number of hydrogen-bond donors (Lipinski definition) is 7. The van der Waals surface area contributed by atoms with Gasteiger partial charge in [-0.05, 0) is 109 Å². The summed E-state index contributed by atoms with van der Waals surface area (Å²) in [7, 11) is 0.